The molecule has 30 heavy (non-hydrogen) atoms. The Balaban J connectivity index is 1.33. The number of hydrogen-bond acceptors (Lipinski definition) is 5. The van der Waals surface area contributed by atoms with E-state index in [0.717, 1.165) is 28.5 Å². The number of anilines is 2. The molecule has 0 spiro atoms. The lowest BCUT2D eigenvalue weighted by Crippen LogP contribution is -1.92. The molecular formula is C24H27N3O2S. The SMILES string of the molecule is CCCCCCCCc1ccc(Nc2nc(-c3ccc4[nH]c(=O)oc4c3)cs2)cc1. The summed E-state index contributed by atoms with van der Waals surface area (Å²) in [5, 5.41) is 6.22. The fourth-order valence-electron chi connectivity index (χ4n) is 3.56. The molecule has 0 saturated carbocycles. The van der Waals surface area contributed by atoms with Crippen molar-refractivity contribution in [3.05, 3.63) is 64.0 Å². The maximum Gasteiger partial charge on any atom is 0.417 e. The molecule has 2 N–H and O–H groups in total. The number of thiazole rings is 1. The summed E-state index contributed by atoms with van der Waals surface area (Å²) in [7, 11) is 0. The summed E-state index contributed by atoms with van der Waals surface area (Å²) in [6, 6.07) is 14.2. The van der Waals surface area contributed by atoms with Crippen molar-refractivity contribution in [2.75, 3.05) is 5.32 Å². The molecule has 0 fully saturated rings. The van der Waals surface area contributed by atoms with Crippen LogP contribution in [0.25, 0.3) is 22.4 Å². The highest BCUT2D eigenvalue weighted by Gasteiger charge is 2.08. The largest absolute Gasteiger partial charge is 0.417 e. The fraction of sp³-hybridized carbons (Fsp3) is 0.333. The molecule has 0 radical (unpaired) electrons. The number of nitrogens with one attached hydrogen (secondary N) is 2. The first-order valence-corrected chi connectivity index (χ1v) is 11.5. The number of oxazole rings is 1. The van der Waals surface area contributed by atoms with Gasteiger partial charge in [-0.15, -0.1) is 11.3 Å². The molecule has 5 nitrogen and oxygen atoms in total. The van der Waals surface area contributed by atoms with Gasteiger partial charge in [0.1, 0.15) is 0 Å². The summed E-state index contributed by atoms with van der Waals surface area (Å²) in [4.78, 5) is 18.7. The van der Waals surface area contributed by atoms with Crippen molar-refractivity contribution in [3.63, 3.8) is 0 Å². The van der Waals surface area contributed by atoms with Gasteiger partial charge in [0.05, 0.1) is 11.2 Å². The normalized spacial score (nSPS) is 11.2. The maximum atomic E-state index is 11.3. The molecule has 156 valence electrons. The number of rotatable bonds is 10. The van der Waals surface area contributed by atoms with Gasteiger partial charge in [-0.25, -0.2) is 9.78 Å². The molecule has 0 aliphatic rings. The molecule has 2 aromatic carbocycles. The van der Waals surface area contributed by atoms with E-state index in [1.807, 2.05) is 23.6 Å². The van der Waals surface area contributed by atoms with Gasteiger partial charge in [0.15, 0.2) is 10.7 Å². The van der Waals surface area contributed by atoms with Crippen LogP contribution in [-0.4, -0.2) is 9.97 Å². The van der Waals surface area contributed by atoms with Crippen molar-refractivity contribution in [2.45, 2.75) is 51.9 Å². The fourth-order valence-corrected chi connectivity index (χ4v) is 4.30. The molecule has 0 aliphatic carbocycles. The molecule has 0 aliphatic heterocycles. The zero-order valence-corrected chi connectivity index (χ0v) is 18.1. The molecule has 6 heteroatoms. The van der Waals surface area contributed by atoms with Gasteiger partial charge in [0.25, 0.3) is 0 Å². The lowest BCUT2D eigenvalue weighted by molar-refractivity contribution is 0.555. The number of aromatic amines is 1. The predicted molar refractivity (Wildman–Crippen MR) is 125 cm³/mol. The number of H-pyrrole nitrogens is 1. The number of aromatic nitrogens is 2. The van der Waals surface area contributed by atoms with E-state index in [9.17, 15) is 4.79 Å². The maximum absolute atomic E-state index is 11.3. The third kappa shape index (κ3) is 5.19. The van der Waals surface area contributed by atoms with E-state index in [0.29, 0.717) is 11.1 Å². The van der Waals surface area contributed by atoms with Gasteiger partial charge in [-0.3, -0.25) is 4.98 Å². The lowest BCUT2D eigenvalue weighted by Gasteiger charge is -2.05. The Bertz CT molecular complexity index is 1140. The molecule has 0 amide bonds. The Labute approximate surface area is 180 Å². The number of aryl methyl sites for hydroxylation is 1. The zero-order valence-electron chi connectivity index (χ0n) is 17.2. The van der Waals surface area contributed by atoms with Crippen LogP contribution < -0.4 is 11.1 Å². The second kappa shape index (κ2) is 9.76. The average Bonchev–Trinajstić information content (AvgIpc) is 3.36. The van der Waals surface area contributed by atoms with E-state index in [2.05, 4.69) is 46.5 Å². The first kappa shape index (κ1) is 20.4. The smallest absolute Gasteiger partial charge is 0.408 e. The molecule has 0 unspecified atom stereocenters. The van der Waals surface area contributed by atoms with Crippen LogP contribution in [0.15, 0.2) is 57.1 Å². The molecule has 0 bridgehead atoms. The van der Waals surface area contributed by atoms with Gasteiger partial charge in [-0.2, -0.15) is 0 Å². The van der Waals surface area contributed by atoms with Crippen molar-refractivity contribution < 1.29 is 4.42 Å². The third-order valence-corrected chi connectivity index (χ3v) is 6.00. The van der Waals surface area contributed by atoms with Gasteiger partial charge in [-0.05, 0) is 42.7 Å². The van der Waals surface area contributed by atoms with Gasteiger partial charge in [-0.1, -0.05) is 57.2 Å². The van der Waals surface area contributed by atoms with Crippen LogP contribution in [0.5, 0.6) is 0 Å². The van der Waals surface area contributed by atoms with E-state index in [1.54, 1.807) is 11.3 Å². The highest BCUT2D eigenvalue weighted by molar-refractivity contribution is 7.14. The van der Waals surface area contributed by atoms with Gasteiger partial charge in [0, 0.05) is 16.6 Å². The lowest BCUT2D eigenvalue weighted by atomic mass is 10.0. The third-order valence-electron chi connectivity index (χ3n) is 5.25. The van der Waals surface area contributed by atoms with Crippen molar-refractivity contribution in [3.8, 4) is 11.3 Å². The van der Waals surface area contributed by atoms with Crippen molar-refractivity contribution in [1.82, 2.24) is 9.97 Å². The van der Waals surface area contributed by atoms with E-state index >= 15 is 0 Å². The first-order chi connectivity index (χ1) is 14.7. The number of nitrogens with zero attached hydrogens (tertiary/aromatic N) is 1. The summed E-state index contributed by atoms with van der Waals surface area (Å²) in [6.07, 6.45) is 9.10. The quantitative estimate of drug-likeness (QED) is 0.273. The van der Waals surface area contributed by atoms with Crippen molar-refractivity contribution in [2.24, 2.45) is 0 Å². The monoisotopic (exact) mass is 421 g/mol. The Hall–Kier alpha value is -2.86. The topological polar surface area (TPSA) is 70.9 Å². The second-order valence-corrected chi connectivity index (χ2v) is 8.46. The second-order valence-electron chi connectivity index (χ2n) is 7.60. The highest BCUT2D eigenvalue weighted by Crippen LogP contribution is 2.29. The summed E-state index contributed by atoms with van der Waals surface area (Å²) < 4.78 is 5.14. The summed E-state index contributed by atoms with van der Waals surface area (Å²) in [5.41, 5.74) is 5.43. The summed E-state index contributed by atoms with van der Waals surface area (Å²) >= 11 is 1.55. The minimum atomic E-state index is -0.442. The van der Waals surface area contributed by atoms with Crippen molar-refractivity contribution >= 4 is 33.3 Å². The van der Waals surface area contributed by atoms with Gasteiger partial charge in [0.2, 0.25) is 0 Å². The van der Waals surface area contributed by atoms with E-state index in [-0.39, 0.29) is 0 Å². The minimum Gasteiger partial charge on any atom is -0.408 e. The summed E-state index contributed by atoms with van der Waals surface area (Å²) in [6.45, 7) is 2.25. The molecule has 2 heterocycles. The van der Waals surface area contributed by atoms with Crippen LogP contribution in [0, 0.1) is 0 Å². The Morgan fingerprint density at radius 3 is 2.67 bits per heavy atom. The molecule has 4 aromatic rings. The predicted octanol–water partition coefficient (Wildman–Crippen LogP) is 6.89. The van der Waals surface area contributed by atoms with E-state index in [4.69, 9.17) is 4.42 Å². The first-order valence-electron chi connectivity index (χ1n) is 10.7. The highest BCUT2D eigenvalue weighted by atomic mass is 32.1. The minimum absolute atomic E-state index is 0.442. The Kier molecular flexibility index (Phi) is 6.64. The zero-order chi connectivity index (χ0) is 20.8. The van der Waals surface area contributed by atoms with E-state index < -0.39 is 5.76 Å². The number of fused-ring (bicyclic) bond motifs is 1. The Morgan fingerprint density at radius 1 is 1.03 bits per heavy atom. The molecule has 4 rings (SSSR count). The molecular weight excluding hydrogens is 394 g/mol. The van der Waals surface area contributed by atoms with Crippen molar-refractivity contribution in [1.29, 1.82) is 0 Å². The number of hydrogen-bond donors (Lipinski definition) is 2. The van der Waals surface area contributed by atoms with Crippen LogP contribution in [0.2, 0.25) is 0 Å². The van der Waals surface area contributed by atoms with Crippen LogP contribution >= 0.6 is 11.3 Å². The average molecular weight is 422 g/mol. The molecule has 0 atom stereocenters. The standard InChI is InChI=1S/C24H27N3O2S/c1-2-3-4-5-6-7-8-17-9-12-19(13-10-17)25-23-26-21(16-30-23)18-11-14-20-22(15-18)29-24(28)27-20/h9-16H,2-8H2,1H3,(H,25,26)(H,27,28). The Morgan fingerprint density at radius 2 is 1.83 bits per heavy atom. The van der Waals surface area contributed by atoms with Crippen LogP contribution in [0.1, 0.15) is 51.0 Å². The van der Waals surface area contributed by atoms with Gasteiger partial charge >= 0.3 is 5.76 Å². The molecule has 0 saturated heterocycles. The summed E-state index contributed by atoms with van der Waals surface area (Å²) in [5.74, 6) is -0.442. The molecule has 2 aromatic heterocycles. The van der Waals surface area contributed by atoms with Crippen LogP contribution in [-0.2, 0) is 6.42 Å². The van der Waals surface area contributed by atoms with E-state index in [1.165, 1.54) is 44.1 Å². The van der Waals surface area contributed by atoms with Gasteiger partial charge < -0.3 is 9.73 Å². The number of benzene rings is 2. The van der Waals surface area contributed by atoms with Crippen LogP contribution in [0.4, 0.5) is 10.8 Å². The number of unbranched alkanes of at least 4 members (excludes halogenated alkanes) is 5. The van der Waals surface area contributed by atoms with Crippen LogP contribution in [0.3, 0.4) is 0 Å².